The van der Waals surface area contributed by atoms with Crippen molar-refractivity contribution in [2.75, 3.05) is 25.5 Å². The Kier molecular flexibility index (Phi) is 5.91. The Morgan fingerprint density at radius 3 is 3.10 bits per heavy atom. The van der Waals surface area contributed by atoms with Crippen LogP contribution in [0.15, 0.2) is 0 Å². The highest BCUT2D eigenvalue weighted by molar-refractivity contribution is 5.87. The Balaban J connectivity index is 1.83. The number of hydrogen-bond acceptors (Lipinski definition) is 5. The number of rotatable bonds is 6. The minimum atomic E-state index is -0.211. The molecule has 8 heteroatoms. The van der Waals surface area contributed by atoms with Crippen molar-refractivity contribution in [1.29, 1.82) is 0 Å². The maximum Gasteiger partial charge on any atom is 0.324 e. The van der Waals surface area contributed by atoms with Crippen molar-refractivity contribution in [3.05, 3.63) is 0 Å². The van der Waals surface area contributed by atoms with Crippen molar-refractivity contribution >= 4 is 12.0 Å². The Labute approximate surface area is 124 Å². The van der Waals surface area contributed by atoms with Crippen molar-refractivity contribution in [2.45, 2.75) is 51.7 Å². The molecule has 0 bridgehead atoms. The molecule has 1 aromatic heterocycles. The molecule has 0 aliphatic carbocycles. The number of nitrogens with zero attached hydrogens (tertiary/aromatic N) is 5. The minimum Gasteiger partial charge on any atom is -0.376 e. The second kappa shape index (κ2) is 7.92. The zero-order chi connectivity index (χ0) is 15.1. The average Bonchev–Trinajstić information content (AvgIpc) is 2.93. The third kappa shape index (κ3) is 4.66. The molecule has 118 valence electrons. The first-order valence-electron chi connectivity index (χ1n) is 7.60. The zero-order valence-corrected chi connectivity index (χ0v) is 12.8. The summed E-state index contributed by atoms with van der Waals surface area (Å²) in [5, 5.41) is 14.1. The fraction of sp³-hybridized carbons (Fsp3) is 0.846. The number of amides is 2. The van der Waals surface area contributed by atoms with Gasteiger partial charge >= 0.3 is 6.03 Å². The van der Waals surface area contributed by atoms with Gasteiger partial charge in [0.15, 0.2) is 0 Å². The van der Waals surface area contributed by atoms with Crippen LogP contribution >= 0.6 is 0 Å². The Morgan fingerprint density at radius 1 is 1.52 bits per heavy atom. The zero-order valence-electron chi connectivity index (χ0n) is 12.8. The fourth-order valence-electron chi connectivity index (χ4n) is 2.28. The standard InChI is InChI=1S/C13H24N6O2/c1-3-4-8-19-12(15-16-17-19)14-13(20)18(2)10-11-7-5-6-9-21-11/h11H,3-10H2,1-2H3,(H,14,15,17,20)/t11-/m1/s1. The van der Waals surface area contributed by atoms with Crippen LogP contribution in [0.1, 0.15) is 39.0 Å². The van der Waals surface area contributed by atoms with Crippen LogP contribution in [-0.2, 0) is 11.3 Å². The maximum atomic E-state index is 12.2. The van der Waals surface area contributed by atoms with E-state index in [4.69, 9.17) is 4.74 Å². The molecular formula is C13H24N6O2. The van der Waals surface area contributed by atoms with Gasteiger partial charge in [-0.25, -0.2) is 9.48 Å². The Morgan fingerprint density at radius 2 is 2.38 bits per heavy atom. The summed E-state index contributed by atoms with van der Waals surface area (Å²) in [6, 6.07) is -0.211. The fourth-order valence-corrected chi connectivity index (χ4v) is 2.28. The monoisotopic (exact) mass is 296 g/mol. The summed E-state index contributed by atoms with van der Waals surface area (Å²) in [6.07, 6.45) is 5.43. The van der Waals surface area contributed by atoms with Crippen LogP contribution in [0.25, 0.3) is 0 Å². The van der Waals surface area contributed by atoms with E-state index in [1.807, 2.05) is 0 Å². The number of carbonyl (C=O) groups excluding carboxylic acids is 1. The molecule has 21 heavy (non-hydrogen) atoms. The molecule has 0 spiro atoms. The van der Waals surface area contributed by atoms with Crippen LogP contribution in [0, 0.1) is 0 Å². The van der Waals surface area contributed by atoms with Gasteiger partial charge in [0.2, 0.25) is 0 Å². The molecule has 2 rings (SSSR count). The van der Waals surface area contributed by atoms with E-state index in [0.29, 0.717) is 19.0 Å². The molecule has 0 saturated carbocycles. The van der Waals surface area contributed by atoms with Crippen LogP contribution in [-0.4, -0.2) is 57.4 Å². The third-order valence-electron chi connectivity index (χ3n) is 3.57. The topological polar surface area (TPSA) is 85.2 Å². The van der Waals surface area contributed by atoms with E-state index in [-0.39, 0.29) is 12.1 Å². The van der Waals surface area contributed by atoms with E-state index in [9.17, 15) is 4.79 Å². The summed E-state index contributed by atoms with van der Waals surface area (Å²) in [6.45, 7) is 4.17. The molecule has 2 heterocycles. The summed E-state index contributed by atoms with van der Waals surface area (Å²) >= 11 is 0. The predicted molar refractivity (Wildman–Crippen MR) is 78.0 cm³/mol. The molecule has 0 radical (unpaired) electrons. The molecule has 8 nitrogen and oxygen atoms in total. The van der Waals surface area contributed by atoms with Crippen molar-refractivity contribution in [3.63, 3.8) is 0 Å². The normalized spacial score (nSPS) is 18.5. The molecular weight excluding hydrogens is 272 g/mol. The smallest absolute Gasteiger partial charge is 0.324 e. The van der Waals surface area contributed by atoms with Gasteiger partial charge in [0, 0.05) is 26.7 Å². The lowest BCUT2D eigenvalue weighted by atomic mass is 10.1. The number of ether oxygens (including phenoxy) is 1. The second-order valence-corrected chi connectivity index (χ2v) is 5.38. The summed E-state index contributed by atoms with van der Waals surface area (Å²) in [5.74, 6) is 0.393. The van der Waals surface area contributed by atoms with E-state index in [1.165, 1.54) is 0 Å². The number of urea groups is 1. The SMILES string of the molecule is CCCCn1nnnc1NC(=O)N(C)C[C@H]1CCCCO1. The van der Waals surface area contributed by atoms with Gasteiger partial charge in [0.05, 0.1) is 6.10 Å². The first-order valence-corrected chi connectivity index (χ1v) is 7.60. The minimum absolute atomic E-state index is 0.130. The first kappa shape index (κ1) is 15.7. The number of hydrogen-bond donors (Lipinski definition) is 1. The molecule has 1 fully saturated rings. The molecule has 1 aromatic rings. The van der Waals surface area contributed by atoms with Crippen LogP contribution < -0.4 is 5.32 Å². The first-order chi connectivity index (χ1) is 10.2. The summed E-state index contributed by atoms with van der Waals surface area (Å²) in [7, 11) is 1.76. The van der Waals surface area contributed by atoms with Crippen molar-refractivity contribution < 1.29 is 9.53 Å². The molecule has 1 N–H and O–H groups in total. The van der Waals surface area contributed by atoms with E-state index >= 15 is 0 Å². The molecule has 0 aromatic carbocycles. The molecule has 2 amide bonds. The number of unbranched alkanes of at least 4 members (excludes halogenated alkanes) is 1. The quantitative estimate of drug-likeness (QED) is 0.860. The lowest BCUT2D eigenvalue weighted by Crippen LogP contribution is -2.39. The third-order valence-corrected chi connectivity index (χ3v) is 3.57. The van der Waals surface area contributed by atoms with Crippen LogP contribution in [0.2, 0.25) is 0 Å². The van der Waals surface area contributed by atoms with E-state index < -0.39 is 0 Å². The van der Waals surface area contributed by atoms with Crippen molar-refractivity contribution in [2.24, 2.45) is 0 Å². The highest BCUT2D eigenvalue weighted by atomic mass is 16.5. The summed E-state index contributed by atoms with van der Waals surface area (Å²) < 4.78 is 7.26. The molecule has 1 aliphatic heterocycles. The van der Waals surface area contributed by atoms with Gasteiger partial charge in [-0.15, -0.1) is 0 Å². The predicted octanol–water partition coefficient (Wildman–Crippen LogP) is 1.51. The number of nitrogens with one attached hydrogen (secondary N) is 1. The maximum absolute atomic E-state index is 12.2. The number of aryl methyl sites for hydroxylation is 1. The largest absolute Gasteiger partial charge is 0.376 e. The lowest BCUT2D eigenvalue weighted by molar-refractivity contribution is 0.00462. The highest BCUT2D eigenvalue weighted by Gasteiger charge is 2.20. The van der Waals surface area contributed by atoms with E-state index in [0.717, 1.165) is 38.7 Å². The van der Waals surface area contributed by atoms with Crippen molar-refractivity contribution in [3.8, 4) is 0 Å². The second-order valence-electron chi connectivity index (χ2n) is 5.38. The van der Waals surface area contributed by atoms with Gasteiger partial charge in [0.1, 0.15) is 0 Å². The van der Waals surface area contributed by atoms with E-state index in [1.54, 1.807) is 16.6 Å². The lowest BCUT2D eigenvalue weighted by Gasteiger charge is -2.27. The van der Waals surface area contributed by atoms with Crippen molar-refractivity contribution in [1.82, 2.24) is 25.1 Å². The Bertz CT molecular complexity index is 444. The van der Waals surface area contributed by atoms with Crippen LogP contribution in [0.3, 0.4) is 0 Å². The van der Waals surface area contributed by atoms with Crippen LogP contribution in [0.4, 0.5) is 10.7 Å². The number of likely N-dealkylation sites (N-methyl/N-ethyl adjacent to an activating group) is 1. The van der Waals surface area contributed by atoms with Gasteiger partial charge in [-0.2, -0.15) is 0 Å². The van der Waals surface area contributed by atoms with Gasteiger partial charge < -0.3 is 9.64 Å². The summed E-state index contributed by atoms with van der Waals surface area (Å²) in [5.41, 5.74) is 0. The van der Waals surface area contributed by atoms with Gasteiger partial charge in [-0.05, 0) is 36.1 Å². The van der Waals surface area contributed by atoms with Gasteiger partial charge in [-0.1, -0.05) is 18.4 Å². The number of anilines is 1. The summed E-state index contributed by atoms with van der Waals surface area (Å²) in [4.78, 5) is 13.8. The molecule has 1 saturated heterocycles. The molecule has 0 unspecified atom stereocenters. The number of carbonyl (C=O) groups is 1. The number of aromatic nitrogens is 4. The molecule has 1 atom stereocenters. The average molecular weight is 296 g/mol. The number of tetrazole rings is 1. The Hall–Kier alpha value is -1.70. The van der Waals surface area contributed by atoms with Crippen LogP contribution in [0.5, 0.6) is 0 Å². The van der Waals surface area contributed by atoms with E-state index in [2.05, 4.69) is 27.8 Å². The highest BCUT2D eigenvalue weighted by Crippen LogP contribution is 2.13. The molecule has 1 aliphatic rings. The van der Waals surface area contributed by atoms with Gasteiger partial charge in [0.25, 0.3) is 5.95 Å². The van der Waals surface area contributed by atoms with Gasteiger partial charge in [-0.3, -0.25) is 5.32 Å².